The topological polar surface area (TPSA) is 212 Å². The van der Waals surface area contributed by atoms with Gasteiger partial charge in [0.15, 0.2) is 5.96 Å². The van der Waals surface area contributed by atoms with Gasteiger partial charge in [-0.25, -0.2) is 13.2 Å². The number of rotatable bonds is 12. The molecule has 9 N–H and O–H groups in total. The van der Waals surface area contributed by atoms with Crippen LogP contribution in [0.15, 0.2) is 57.7 Å². The molecule has 2 heterocycles. The van der Waals surface area contributed by atoms with Gasteiger partial charge in [-0.2, -0.15) is 0 Å². The number of thiophene rings is 1. The Balaban J connectivity index is 0.00000308. The lowest BCUT2D eigenvalue weighted by atomic mass is 10.0. The highest BCUT2D eigenvalue weighted by Gasteiger charge is 2.29. The third kappa shape index (κ3) is 8.26. The number of nitrogens with two attached hydrogens (primary N) is 3. The van der Waals surface area contributed by atoms with Crippen molar-refractivity contribution in [1.29, 1.82) is 0 Å². The largest absolute Gasteiger partial charge is 0.492 e. The molecule has 16 heteroatoms. The standard InChI is InChI=1S/C26H30N6O6S2.2ClH/c27-14-15-3-5-16(6-4-15)18-12-17-7-10-38-22(17)21(13-18)40(36,37)32-19-8-11-39-23(19)24(33)31-20(25(34)35)2-1-9-30-26(28)29;;/h3-6,8,11-13,20,32H,1-2,7,9-10,14,27H2,(H,31,33)(H,34,35)(H4,28,29,30);2*1H/t20-;;/m0../s1. The number of amides is 1. The summed E-state index contributed by atoms with van der Waals surface area (Å²) in [5, 5.41) is 13.5. The van der Waals surface area contributed by atoms with Crippen LogP contribution in [0.3, 0.4) is 0 Å². The van der Waals surface area contributed by atoms with Gasteiger partial charge in [0.1, 0.15) is 21.6 Å². The lowest BCUT2D eigenvalue weighted by molar-refractivity contribution is -0.139. The van der Waals surface area contributed by atoms with Gasteiger partial charge >= 0.3 is 5.97 Å². The molecule has 0 unspecified atom stereocenters. The number of hydrogen-bond donors (Lipinski definition) is 6. The highest BCUT2D eigenvalue weighted by molar-refractivity contribution is 7.92. The minimum Gasteiger partial charge on any atom is -0.492 e. The van der Waals surface area contributed by atoms with Crippen LogP contribution in [0.2, 0.25) is 0 Å². The first-order valence-electron chi connectivity index (χ1n) is 12.4. The zero-order chi connectivity index (χ0) is 28.9. The van der Waals surface area contributed by atoms with Crippen LogP contribution in [0.5, 0.6) is 5.75 Å². The molecule has 0 saturated heterocycles. The summed E-state index contributed by atoms with van der Waals surface area (Å²) >= 11 is 0.980. The van der Waals surface area contributed by atoms with Gasteiger partial charge in [0.05, 0.1) is 12.3 Å². The van der Waals surface area contributed by atoms with Gasteiger partial charge in [0.25, 0.3) is 15.9 Å². The van der Waals surface area contributed by atoms with Crippen LogP contribution < -0.4 is 32.0 Å². The molecule has 0 aliphatic carbocycles. The van der Waals surface area contributed by atoms with Crippen molar-refractivity contribution in [2.75, 3.05) is 17.9 Å². The molecule has 1 amide bonds. The minimum absolute atomic E-state index is 0. The third-order valence-corrected chi connectivity index (χ3v) is 8.51. The number of hydrogen-bond acceptors (Lipinski definition) is 8. The second-order valence-corrected chi connectivity index (χ2v) is 11.6. The molecule has 0 radical (unpaired) electrons. The van der Waals surface area contributed by atoms with Crippen LogP contribution in [0.25, 0.3) is 11.1 Å². The van der Waals surface area contributed by atoms with Crippen molar-refractivity contribution in [3.63, 3.8) is 0 Å². The van der Waals surface area contributed by atoms with Gasteiger partial charge in [-0.05, 0) is 58.7 Å². The predicted octanol–water partition coefficient (Wildman–Crippen LogP) is 2.69. The summed E-state index contributed by atoms with van der Waals surface area (Å²) < 4.78 is 35.4. The molecule has 0 spiro atoms. The Morgan fingerprint density at radius 1 is 1.10 bits per heavy atom. The second-order valence-electron chi connectivity index (χ2n) is 9.04. The first kappa shape index (κ1) is 34.6. The highest BCUT2D eigenvalue weighted by atomic mass is 35.5. The Kier molecular flexibility index (Phi) is 12.4. The number of nitrogens with one attached hydrogen (secondary N) is 2. The Morgan fingerprint density at radius 2 is 1.81 bits per heavy atom. The van der Waals surface area contributed by atoms with E-state index in [1.54, 1.807) is 0 Å². The van der Waals surface area contributed by atoms with E-state index in [0.717, 1.165) is 28.0 Å². The maximum Gasteiger partial charge on any atom is 0.326 e. The number of anilines is 1. The van der Waals surface area contributed by atoms with Crippen molar-refractivity contribution in [2.45, 2.75) is 36.7 Å². The number of carbonyl (C=O) groups is 2. The zero-order valence-electron chi connectivity index (χ0n) is 22.2. The summed E-state index contributed by atoms with van der Waals surface area (Å²) in [6.07, 6.45) is 0.945. The van der Waals surface area contributed by atoms with E-state index in [9.17, 15) is 23.1 Å². The van der Waals surface area contributed by atoms with Crippen molar-refractivity contribution in [3.8, 4) is 16.9 Å². The third-order valence-electron chi connectivity index (χ3n) is 6.23. The lowest BCUT2D eigenvalue weighted by Crippen LogP contribution is -2.40. The SMILES string of the molecule is Cl.Cl.NCc1ccc(-c2cc3c(c(S(=O)(=O)Nc4ccsc4C(=O)N[C@@H](CCCN=C(N)N)C(=O)O)c2)OCC3)cc1. The fraction of sp³-hybridized carbons (Fsp3) is 0.269. The lowest BCUT2D eigenvalue weighted by Gasteiger charge is -2.16. The van der Waals surface area contributed by atoms with E-state index in [1.807, 2.05) is 30.3 Å². The Bertz CT molecular complexity index is 1540. The number of carbonyl (C=O) groups excluding carboxylic acids is 1. The van der Waals surface area contributed by atoms with Crippen LogP contribution in [-0.4, -0.2) is 50.6 Å². The van der Waals surface area contributed by atoms with E-state index in [1.165, 1.54) is 17.5 Å². The molecule has 4 rings (SSSR count). The molecule has 3 aromatic rings. The number of benzene rings is 2. The van der Waals surface area contributed by atoms with Crippen molar-refractivity contribution in [2.24, 2.45) is 22.2 Å². The molecule has 0 fully saturated rings. The molecule has 228 valence electrons. The summed E-state index contributed by atoms with van der Waals surface area (Å²) in [7, 11) is -4.20. The Hall–Kier alpha value is -3.56. The zero-order valence-corrected chi connectivity index (χ0v) is 25.5. The number of carboxylic acid groups (broad SMARTS) is 1. The van der Waals surface area contributed by atoms with E-state index in [4.69, 9.17) is 21.9 Å². The van der Waals surface area contributed by atoms with Gasteiger partial charge < -0.3 is 32.4 Å². The minimum atomic E-state index is -4.20. The van der Waals surface area contributed by atoms with E-state index >= 15 is 0 Å². The number of halogens is 2. The monoisotopic (exact) mass is 658 g/mol. The van der Waals surface area contributed by atoms with Crippen molar-refractivity contribution < 1.29 is 27.9 Å². The molecule has 0 bridgehead atoms. The van der Waals surface area contributed by atoms with Crippen LogP contribution in [0.4, 0.5) is 5.69 Å². The number of sulfonamides is 1. The van der Waals surface area contributed by atoms with Crippen LogP contribution in [-0.2, 0) is 27.8 Å². The smallest absolute Gasteiger partial charge is 0.326 e. The highest BCUT2D eigenvalue weighted by Crippen LogP contribution is 2.38. The molecule has 1 aromatic heterocycles. The number of aliphatic carboxylic acids is 1. The number of guanidine groups is 1. The van der Waals surface area contributed by atoms with E-state index in [2.05, 4.69) is 15.0 Å². The quantitative estimate of drug-likeness (QED) is 0.0957. The number of fused-ring (bicyclic) bond motifs is 1. The number of aliphatic imine (C=N–C) groups is 1. The van der Waals surface area contributed by atoms with Crippen LogP contribution in [0, 0.1) is 0 Å². The molecule has 2 aromatic carbocycles. The first-order valence-corrected chi connectivity index (χ1v) is 14.7. The number of nitrogens with zero attached hydrogens (tertiary/aromatic N) is 1. The molecule has 1 atom stereocenters. The average molecular weight is 660 g/mol. The maximum atomic E-state index is 13.6. The maximum absolute atomic E-state index is 13.6. The van der Waals surface area contributed by atoms with Gasteiger partial charge in [0.2, 0.25) is 0 Å². The summed E-state index contributed by atoms with van der Waals surface area (Å²) in [5.74, 6) is -1.81. The van der Waals surface area contributed by atoms with Crippen LogP contribution in [0.1, 0.15) is 33.6 Å². The molecule has 1 aliphatic rings. The molecule has 12 nitrogen and oxygen atoms in total. The van der Waals surface area contributed by atoms with Gasteiger partial charge in [-0.15, -0.1) is 36.2 Å². The first-order chi connectivity index (χ1) is 19.1. The van der Waals surface area contributed by atoms with Crippen LogP contribution >= 0.6 is 36.2 Å². The Morgan fingerprint density at radius 3 is 2.45 bits per heavy atom. The molecular formula is C26H32Cl2N6O6S2. The van der Waals surface area contributed by atoms with Gasteiger partial charge in [0, 0.05) is 19.5 Å². The average Bonchev–Trinajstić information content (AvgIpc) is 3.58. The van der Waals surface area contributed by atoms with Gasteiger partial charge in [-0.1, -0.05) is 24.3 Å². The normalized spacial score (nSPS) is 12.5. The molecule has 42 heavy (non-hydrogen) atoms. The summed E-state index contributed by atoms with van der Waals surface area (Å²) in [6, 6.07) is 11.2. The molecule has 0 saturated carbocycles. The van der Waals surface area contributed by atoms with E-state index in [0.29, 0.717) is 31.6 Å². The van der Waals surface area contributed by atoms with Crippen molar-refractivity contribution >= 4 is 69.7 Å². The van der Waals surface area contributed by atoms with Crippen molar-refractivity contribution in [3.05, 3.63) is 63.8 Å². The molecular weight excluding hydrogens is 627 g/mol. The fourth-order valence-corrected chi connectivity index (χ4v) is 6.32. The van der Waals surface area contributed by atoms with Crippen molar-refractivity contribution in [1.82, 2.24) is 5.32 Å². The predicted molar refractivity (Wildman–Crippen MR) is 167 cm³/mol. The fourth-order valence-electron chi connectivity index (χ4n) is 4.22. The van der Waals surface area contributed by atoms with E-state index in [-0.39, 0.29) is 64.9 Å². The second kappa shape index (κ2) is 15.1. The Labute approximate surface area is 259 Å². The summed E-state index contributed by atoms with van der Waals surface area (Å²) in [4.78, 5) is 28.4. The molecule has 1 aliphatic heterocycles. The number of carboxylic acids is 1. The van der Waals surface area contributed by atoms with E-state index < -0.39 is 27.9 Å². The summed E-state index contributed by atoms with van der Waals surface area (Å²) in [6.45, 7) is 0.942. The number of ether oxygens (including phenoxy) is 1. The summed E-state index contributed by atoms with van der Waals surface area (Å²) in [5.41, 5.74) is 19.5. The van der Waals surface area contributed by atoms with Gasteiger partial charge in [-0.3, -0.25) is 14.5 Å².